The third-order valence-electron chi connectivity index (χ3n) is 4.68. The number of carbonyl (C=O) groups is 1. The number of carbonyl (C=O) groups excluding carboxylic acids is 1. The van der Waals surface area contributed by atoms with Crippen molar-refractivity contribution in [3.63, 3.8) is 0 Å². The van der Waals surface area contributed by atoms with E-state index in [1.807, 2.05) is 29.3 Å². The zero-order chi connectivity index (χ0) is 18.2. The molecular weight excluding hydrogens is 340 g/mol. The second-order valence-electron chi connectivity index (χ2n) is 6.78. The van der Waals surface area contributed by atoms with Gasteiger partial charge < -0.3 is 0 Å². The Hall–Kier alpha value is -1.94. The Morgan fingerprint density at radius 2 is 1.38 bits per heavy atom. The highest BCUT2D eigenvalue weighted by Gasteiger charge is 2.24. The van der Waals surface area contributed by atoms with Crippen LogP contribution in [0.4, 0.5) is 11.4 Å². The predicted octanol–water partition coefficient (Wildman–Crippen LogP) is 6.46. The van der Waals surface area contributed by atoms with E-state index in [1.165, 1.54) is 41.9 Å². The highest BCUT2D eigenvalue weighted by atomic mass is 32.2. The molecule has 4 heteroatoms. The number of nitrogens with one attached hydrogen (secondary N) is 1. The molecule has 1 aliphatic heterocycles. The molecule has 2 aromatic carbocycles. The molecule has 0 bridgehead atoms. The monoisotopic (exact) mass is 368 g/mol. The molecule has 26 heavy (non-hydrogen) atoms. The number of hydrazine groups is 1. The number of hydrogen-bond acceptors (Lipinski definition) is 3. The number of para-hydroxylation sites is 2. The largest absolute Gasteiger partial charge is 0.273 e. The van der Waals surface area contributed by atoms with Crippen LogP contribution in [0.1, 0.15) is 58.3 Å². The summed E-state index contributed by atoms with van der Waals surface area (Å²) in [6, 6.07) is 16.4. The van der Waals surface area contributed by atoms with Gasteiger partial charge in [0.2, 0.25) is 5.91 Å². The third kappa shape index (κ3) is 4.82. The van der Waals surface area contributed by atoms with E-state index >= 15 is 0 Å². The Balaban J connectivity index is 1.57. The summed E-state index contributed by atoms with van der Waals surface area (Å²) in [5.41, 5.74) is 5.21. The van der Waals surface area contributed by atoms with Crippen molar-refractivity contribution in [3.8, 4) is 0 Å². The van der Waals surface area contributed by atoms with Crippen molar-refractivity contribution in [2.24, 2.45) is 0 Å². The Bertz CT molecular complexity index is 686. The summed E-state index contributed by atoms with van der Waals surface area (Å²) in [5, 5.41) is 1.95. The van der Waals surface area contributed by atoms with Gasteiger partial charge in [0, 0.05) is 16.2 Å². The summed E-state index contributed by atoms with van der Waals surface area (Å²) in [5.74, 6) is 0.0927. The lowest BCUT2D eigenvalue weighted by atomic mass is 10.1. The first-order chi connectivity index (χ1) is 12.8. The fraction of sp³-hybridized carbons (Fsp3) is 0.409. The first kappa shape index (κ1) is 18.8. The first-order valence-electron chi connectivity index (χ1n) is 9.75. The van der Waals surface area contributed by atoms with Gasteiger partial charge in [0.15, 0.2) is 0 Å². The van der Waals surface area contributed by atoms with Crippen LogP contribution >= 0.6 is 11.8 Å². The average molecular weight is 369 g/mol. The van der Waals surface area contributed by atoms with E-state index in [0.29, 0.717) is 6.42 Å². The van der Waals surface area contributed by atoms with Crippen LogP contribution in [0, 0.1) is 0 Å². The summed E-state index contributed by atoms with van der Waals surface area (Å²) < 4.78 is 0. The van der Waals surface area contributed by atoms with E-state index in [2.05, 4.69) is 36.6 Å². The maximum absolute atomic E-state index is 12.5. The number of anilines is 2. The van der Waals surface area contributed by atoms with Crippen LogP contribution in [-0.2, 0) is 4.79 Å². The predicted molar refractivity (Wildman–Crippen MR) is 110 cm³/mol. The highest BCUT2D eigenvalue weighted by Crippen LogP contribution is 2.46. The number of benzene rings is 2. The van der Waals surface area contributed by atoms with E-state index < -0.39 is 0 Å². The lowest BCUT2D eigenvalue weighted by molar-refractivity contribution is -0.121. The lowest BCUT2D eigenvalue weighted by Gasteiger charge is -2.32. The summed E-state index contributed by atoms with van der Waals surface area (Å²) in [4.78, 5) is 14.8. The van der Waals surface area contributed by atoms with Gasteiger partial charge in [-0.15, -0.1) is 0 Å². The topological polar surface area (TPSA) is 32.3 Å². The van der Waals surface area contributed by atoms with Crippen LogP contribution in [0.2, 0.25) is 0 Å². The van der Waals surface area contributed by atoms with E-state index in [1.54, 1.807) is 11.8 Å². The van der Waals surface area contributed by atoms with Gasteiger partial charge >= 0.3 is 0 Å². The van der Waals surface area contributed by atoms with E-state index in [-0.39, 0.29) is 5.91 Å². The number of fused-ring (bicyclic) bond motifs is 2. The zero-order valence-corrected chi connectivity index (χ0v) is 16.4. The zero-order valence-electron chi connectivity index (χ0n) is 15.5. The molecule has 0 unspecified atom stereocenters. The molecule has 1 amide bonds. The minimum Gasteiger partial charge on any atom is -0.273 e. The number of amides is 1. The Morgan fingerprint density at radius 3 is 2.00 bits per heavy atom. The number of rotatable bonds is 9. The molecule has 0 saturated carbocycles. The van der Waals surface area contributed by atoms with Crippen LogP contribution in [0.5, 0.6) is 0 Å². The quantitative estimate of drug-likeness (QED) is 0.515. The van der Waals surface area contributed by atoms with Crippen LogP contribution in [0.3, 0.4) is 0 Å². The summed E-state index contributed by atoms with van der Waals surface area (Å²) in [6.07, 6.45) is 9.14. The van der Waals surface area contributed by atoms with Gasteiger partial charge in [0.1, 0.15) is 0 Å². The normalized spacial score (nSPS) is 12.4. The number of hydrogen-bond donors (Lipinski definition) is 1. The van der Waals surface area contributed by atoms with Gasteiger partial charge in [-0.2, -0.15) is 0 Å². The summed E-state index contributed by atoms with van der Waals surface area (Å²) in [6.45, 7) is 2.24. The van der Waals surface area contributed by atoms with Crippen molar-refractivity contribution < 1.29 is 4.79 Å². The fourth-order valence-electron chi connectivity index (χ4n) is 3.25. The minimum absolute atomic E-state index is 0.0927. The molecule has 0 atom stereocenters. The van der Waals surface area contributed by atoms with Crippen LogP contribution < -0.4 is 10.4 Å². The highest BCUT2D eigenvalue weighted by molar-refractivity contribution is 7.99. The second kappa shape index (κ2) is 9.67. The minimum atomic E-state index is 0.0927. The molecule has 0 saturated heterocycles. The molecule has 1 heterocycles. The van der Waals surface area contributed by atoms with Gasteiger partial charge in [-0.3, -0.25) is 15.2 Å². The van der Waals surface area contributed by atoms with Gasteiger partial charge in [0.25, 0.3) is 0 Å². The van der Waals surface area contributed by atoms with Crippen molar-refractivity contribution in [2.45, 2.75) is 68.1 Å². The molecule has 1 aliphatic rings. The lowest BCUT2D eigenvalue weighted by Crippen LogP contribution is -2.40. The van der Waals surface area contributed by atoms with E-state index in [4.69, 9.17) is 0 Å². The Morgan fingerprint density at radius 1 is 0.846 bits per heavy atom. The van der Waals surface area contributed by atoms with Crippen LogP contribution in [0.25, 0.3) is 0 Å². The Kier molecular flexibility index (Phi) is 7.01. The molecular formula is C22H28N2OS. The molecule has 0 fully saturated rings. The Labute approximate surface area is 161 Å². The molecule has 3 rings (SSSR count). The summed E-state index contributed by atoms with van der Waals surface area (Å²) in [7, 11) is 0. The van der Waals surface area contributed by atoms with Gasteiger partial charge in [-0.05, 0) is 30.7 Å². The van der Waals surface area contributed by atoms with Crippen LogP contribution in [0.15, 0.2) is 58.3 Å². The standard InChI is InChI=1S/C22H28N2OS/c1-2-3-4-5-6-7-8-17-22(25)23-24-18-13-9-11-15-20(18)26-21-16-12-10-14-19(21)24/h9-16H,2-8,17H2,1H3,(H,23,25). The maximum atomic E-state index is 12.5. The SMILES string of the molecule is CCCCCCCCCC(=O)NN1c2ccccc2Sc2ccccc21. The van der Waals surface area contributed by atoms with Gasteiger partial charge in [0.05, 0.1) is 11.4 Å². The fourth-order valence-corrected chi connectivity index (χ4v) is 4.31. The molecule has 0 radical (unpaired) electrons. The molecule has 3 nitrogen and oxygen atoms in total. The third-order valence-corrected chi connectivity index (χ3v) is 5.81. The van der Waals surface area contributed by atoms with Gasteiger partial charge in [-0.1, -0.05) is 81.5 Å². The van der Waals surface area contributed by atoms with E-state index in [9.17, 15) is 4.79 Å². The smallest absolute Gasteiger partial charge is 0.238 e. The molecule has 0 aromatic heterocycles. The van der Waals surface area contributed by atoms with E-state index in [0.717, 1.165) is 24.2 Å². The van der Waals surface area contributed by atoms with Crippen molar-refractivity contribution >= 4 is 29.0 Å². The van der Waals surface area contributed by atoms with Gasteiger partial charge in [-0.25, -0.2) is 0 Å². The summed E-state index contributed by atoms with van der Waals surface area (Å²) >= 11 is 1.75. The molecule has 138 valence electrons. The average Bonchev–Trinajstić information content (AvgIpc) is 2.67. The van der Waals surface area contributed by atoms with Crippen molar-refractivity contribution in [3.05, 3.63) is 48.5 Å². The molecule has 0 aliphatic carbocycles. The molecule has 2 aromatic rings. The maximum Gasteiger partial charge on any atom is 0.238 e. The first-order valence-corrected chi connectivity index (χ1v) is 10.6. The van der Waals surface area contributed by atoms with Crippen LogP contribution in [-0.4, -0.2) is 5.91 Å². The van der Waals surface area contributed by atoms with Crippen molar-refractivity contribution in [1.82, 2.24) is 5.43 Å². The molecule has 0 spiro atoms. The van der Waals surface area contributed by atoms with Crippen molar-refractivity contribution in [1.29, 1.82) is 0 Å². The number of nitrogens with zero attached hydrogens (tertiary/aromatic N) is 1. The second-order valence-corrected chi connectivity index (χ2v) is 7.86. The molecule has 1 N–H and O–H groups in total. The van der Waals surface area contributed by atoms with Crippen molar-refractivity contribution in [2.75, 3.05) is 5.01 Å². The number of unbranched alkanes of at least 4 members (excludes halogenated alkanes) is 6.